The van der Waals surface area contributed by atoms with E-state index < -0.39 is 11.2 Å². The van der Waals surface area contributed by atoms with Gasteiger partial charge in [0.05, 0.1) is 11.1 Å². The highest BCUT2D eigenvalue weighted by Crippen LogP contribution is 2.28. The second-order valence-corrected chi connectivity index (χ2v) is 7.86. The first-order chi connectivity index (χ1) is 15.1. The van der Waals surface area contributed by atoms with Crippen LogP contribution in [0, 0.1) is 0 Å². The molecule has 0 fully saturated rings. The van der Waals surface area contributed by atoms with Crippen molar-refractivity contribution < 1.29 is 0 Å². The van der Waals surface area contributed by atoms with Crippen LogP contribution in [0.4, 0.5) is 5.69 Å². The molecule has 2 aliphatic rings. The van der Waals surface area contributed by atoms with E-state index in [0.29, 0.717) is 11.4 Å². The van der Waals surface area contributed by atoms with E-state index >= 15 is 0 Å². The zero-order valence-corrected chi connectivity index (χ0v) is 18.1. The summed E-state index contributed by atoms with van der Waals surface area (Å²) in [6.07, 6.45) is 4.65. The molecule has 160 valence electrons. The van der Waals surface area contributed by atoms with Crippen molar-refractivity contribution in [1.82, 2.24) is 14.5 Å². The van der Waals surface area contributed by atoms with Crippen LogP contribution in [-0.2, 0) is 0 Å². The predicted molar refractivity (Wildman–Crippen MR) is 127 cm³/mol. The molecule has 31 heavy (non-hydrogen) atoms. The van der Waals surface area contributed by atoms with Crippen LogP contribution >= 0.6 is 0 Å². The first-order valence-electron chi connectivity index (χ1n) is 11.0. The van der Waals surface area contributed by atoms with E-state index in [1.54, 1.807) is 6.07 Å². The molecule has 2 heterocycles. The zero-order chi connectivity index (χ0) is 21.8. The zero-order valence-electron chi connectivity index (χ0n) is 18.1. The van der Waals surface area contributed by atoms with E-state index in [1.165, 1.54) is 5.69 Å². The maximum Gasteiger partial charge on any atom is 0.349 e. The monoisotopic (exact) mass is 416 g/mol. The number of pyridine rings is 1. The van der Waals surface area contributed by atoms with Crippen LogP contribution in [-0.4, -0.2) is 27.6 Å². The molecule has 2 aromatic rings. The molecule has 0 aliphatic carbocycles. The van der Waals surface area contributed by atoms with E-state index in [4.69, 9.17) is 0 Å². The molecule has 1 N–H and O–H groups in total. The lowest BCUT2D eigenvalue weighted by Crippen LogP contribution is -2.27. The number of nitrogens with one attached hydrogen (secondary N) is 1. The lowest BCUT2D eigenvalue weighted by atomic mass is 10.1. The smallest absolute Gasteiger partial charge is 0.349 e. The Labute approximate surface area is 181 Å². The second kappa shape index (κ2) is 9.16. The normalized spacial score (nSPS) is 11.3. The molecule has 0 radical (unpaired) electrons. The first-order valence-corrected chi connectivity index (χ1v) is 11.0. The number of benzene rings is 2. The Hall–Kier alpha value is -3.41. The summed E-state index contributed by atoms with van der Waals surface area (Å²) in [5.41, 5.74) is 2.30. The summed E-state index contributed by atoms with van der Waals surface area (Å²) in [6, 6.07) is 17.9. The van der Waals surface area contributed by atoms with Gasteiger partial charge in [-0.2, -0.15) is 4.98 Å². The van der Waals surface area contributed by atoms with Crippen LogP contribution < -0.4 is 16.1 Å². The third kappa shape index (κ3) is 4.24. The van der Waals surface area contributed by atoms with E-state index in [9.17, 15) is 9.59 Å². The molecule has 0 bridgehead atoms. The standard InChI is InChI=1S/C25H28N4O2/c1-3-5-15-28(16-6-4-2)19-11-13-20(14-12-19)29-22-10-8-7-9-18(22)17-21-23(29)26-25(31)27-24(21)30/h7-14,17H,3-6,15-16H2,1-2H3,(H,27,30,31). The van der Waals surface area contributed by atoms with Gasteiger partial charge in [0.1, 0.15) is 0 Å². The number of unbranched alkanes of at least 4 members (excludes halogenated alkanes) is 2. The predicted octanol–water partition coefficient (Wildman–Crippen LogP) is 4.59. The number of anilines is 1. The molecular formula is C25H28N4O2. The van der Waals surface area contributed by atoms with Gasteiger partial charge in [-0.3, -0.25) is 14.3 Å². The number of aromatic nitrogens is 3. The van der Waals surface area contributed by atoms with Gasteiger partial charge in [0.15, 0.2) is 5.82 Å². The van der Waals surface area contributed by atoms with Crippen molar-refractivity contribution in [1.29, 1.82) is 0 Å². The summed E-state index contributed by atoms with van der Waals surface area (Å²) in [5, 5.41) is 0.914. The van der Waals surface area contributed by atoms with Crippen molar-refractivity contribution >= 4 is 16.6 Å². The molecule has 0 saturated carbocycles. The highest BCUT2D eigenvalue weighted by Gasteiger charge is 2.18. The van der Waals surface area contributed by atoms with E-state index in [2.05, 4.69) is 40.8 Å². The fourth-order valence-corrected chi connectivity index (χ4v) is 3.98. The Morgan fingerprint density at radius 3 is 2.29 bits per heavy atom. The van der Waals surface area contributed by atoms with Gasteiger partial charge in [-0.05, 0) is 54.6 Å². The lowest BCUT2D eigenvalue weighted by molar-refractivity contribution is 0.678. The quantitative estimate of drug-likeness (QED) is 0.427. The third-order valence-corrected chi connectivity index (χ3v) is 5.64. The fraction of sp³-hybridized carbons (Fsp3) is 0.320. The Bertz CT molecular complexity index is 1250. The second-order valence-electron chi connectivity index (χ2n) is 7.86. The summed E-state index contributed by atoms with van der Waals surface area (Å²) in [4.78, 5) is 33.3. The highest BCUT2D eigenvalue weighted by atomic mass is 16.2. The molecule has 0 spiro atoms. The molecule has 0 unspecified atom stereocenters. The van der Waals surface area contributed by atoms with Crippen LogP contribution in [0.3, 0.4) is 0 Å². The average Bonchev–Trinajstić information content (AvgIpc) is 2.78. The van der Waals surface area contributed by atoms with Gasteiger partial charge >= 0.3 is 5.69 Å². The van der Waals surface area contributed by atoms with Gasteiger partial charge in [-0.15, -0.1) is 0 Å². The Kier molecular flexibility index (Phi) is 6.16. The molecular weight excluding hydrogens is 388 g/mol. The molecule has 2 aromatic carbocycles. The summed E-state index contributed by atoms with van der Waals surface area (Å²) < 4.78 is 1.90. The summed E-state index contributed by atoms with van der Waals surface area (Å²) in [5.74, 6) is 0.369. The Balaban J connectivity index is 1.84. The average molecular weight is 417 g/mol. The number of fused-ring (bicyclic) bond motifs is 2. The minimum atomic E-state index is -0.636. The van der Waals surface area contributed by atoms with Gasteiger partial charge in [0.2, 0.25) is 0 Å². The SMILES string of the molecule is CCCCN(CCCC)c1ccc(-n2c3nc(=O)[nH]c(=O)c-3cc3ccccc32)cc1. The number of aromatic amines is 1. The molecule has 6 nitrogen and oxygen atoms in total. The summed E-state index contributed by atoms with van der Waals surface area (Å²) in [6.45, 7) is 6.50. The molecule has 0 aromatic heterocycles. The number of hydrogen-bond donors (Lipinski definition) is 1. The third-order valence-electron chi connectivity index (χ3n) is 5.64. The molecule has 6 heteroatoms. The summed E-state index contributed by atoms with van der Waals surface area (Å²) >= 11 is 0. The van der Waals surface area contributed by atoms with E-state index in [1.807, 2.05) is 41.0 Å². The number of nitrogens with zero attached hydrogens (tertiary/aromatic N) is 3. The van der Waals surface area contributed by atoms with Crippen molar-refractivity contribution in [3.8, 4) is 17.1 Å². The van der Waals surface area contributed by atoms with Crippen molar-refractivity contribution in [2.75, 3.05) is 18.0 Å². The molecule has 4 rings (SSSR count). The van der Waals surface area contributed by atoms with Gasteiger partial charge < -0.3 is 4.90 Å². The van der Waals surface area contributed by atoms with Crippen LogP contribution in [0.15, 0.2) is 64.2 Å². The molecule has 0 saturated heterocycles. The number of H-pyrrole nitrogens is 1. The van der Waals surface area contributed by atoms with Crippen molar-refractivity contribution in [2.45, 2.75) is 39.5 Å². The molecule has 0 atom stereocenters. The highest BCUT2D eigenvalue weighted by molar-refractivity contribution is 5.87. The van der Waals surface area contributed by atoms with Gasteiger partial charge in [0.25, 0.3) is 5.56 Å². The number of rotatable bonds is 8. The minimum absolute atomic E-state index is 0.369. The van der Waals surface area contributed by atoms with Gasteiger partial charge in [0, 0.05) is 24.5 Å². The fourth-order valence-electron chi connectivity index (χ4n) is 3.98. The van der Waals surface area contributed by atoms with E-state index in [0.717, 1.165) is 55.4 Å². The van der Waals surface area contributed by atoms with E-state index in [-0.39, 0.29) is 0 Å². The van der Waals surface area contributed by atoms with Crippen molar-refractivity contribution in [2.24, 2.45) is 0 Å². The summed E-state index contributed by atoms with van der Waals surface area (Å²) in [7, 11) is 0. The maximum atomic E-state index is 12.5. The maximum absolute atomic E-state index is 12.5. The number of hydrogen-bond acceptors (Lipinski definition) is 4. The van der Waals surface area contributed by atoms with Crippen LogP contribution in [0.25, 0.3) is 28.0 Å². The lowest BCUT2D eigenvalue weighted by Gasteiger charge is -2.25. The topological polar surface area (TPSA) is 71.0 Å². The van der Waals surface area contributed by atoms with Gasteiger partial charge in [-0.25, -0.2) is 4.79 Å². The Morgan fingerprint density at radius 1 is 0.935 bits per heavy atom. The molecule has 2 aliphatic heterocycles. The number of para-hydroxylation sites is 1. The van der Waals surface area contributed by atoms with Gasteiger partial charge in [-0.1, -0.05) is 44.9 Å². The van der Waals surface area contributed by atoms with Crippen LogP contribution in [0.2, 0.25) is 0 Å². The Morgan fingerprint density at radius 2 is 1.61 bits per heavy atom. The molecule has 0 amide bonds. The van der Waals surface area contributed by atoms with Crippen LogP contribution in [0.5, 0.6) is 0 Å². The first kappa shape index (κ1) is 20.8. The largest absolute Gasteiger partial charge is 0.372 e. The van der Waals surface area contributed by atoms with Crippen molar-refractivity contribution in [3.63, 3.8) is 0 Å². The van der Waals surface area contributed by atoms with Crippen molar-refractivity contribution in [3.05, 3.63) is 75.4 Å². The van der Waals surface area contributed by atoms with Crippen LogP contribution in [0.1, 0.15) is 39.5 Å². The minimum Gasteiger partial charge on any atom is -0.372 e.